The van der Waals surface area contributed by atoms with Crippen molar-refractivity contribution in [2.24, 2.45) is 0 Å². The molecule has 0 saturated heterocycles. The summed E-state index contributed by atoms with van der Waals surface area (Å²) in [5, 5.41) is 2.68. The summed E-state index contributed by atoms with van der Waals surface area (Å²) in [5.74, 6) is 0. The second-order valence-electron chi connectivity index (χ2n) is 2.77. The van der Waals surface area contributed by atoms with E-state index in [-0.39, 0.29) is 25.6 Å². The first-order valence-corrected chi connectivity index (χ1v) is 4.71. The van der Waals surface area contributed by atoms with Crippen LogP contribution in [0.25, 0.3) is 0 Å². The summed E-state index contributed by atoms with van der Waals surface area (Å²) in [7, 11) is 0. The van der Waals surface area contributed by atoms with E-state index in [0.29, 0.717) is 6.61 Å². The molecule has 0 saturated carbocycles. The molecule has 0 atom stereocenters. The molecule has 1 N–H and O–H groups in total. The van der Waals surface area contributed by atoms with Gasteiger partial charge in [0.25, 0.3) is 0 Å². The van der Waals surface area contributed by atoms with E-state index >= 15 is 0 Å². The molecule has 4 heteroatoms. The molecular formula is C9H19NO2Zn. The number of rotatable bonds is 6. The van der Waals surface area contributed by atoms with Crippen molar-refractivity contribution in [2.45, 2.75) is 39.5 Å². The molecule has 0 aliphatic rings. The number of hydrogen-bond donors (Lipinski definition) is 1. The van der Waals surface area contributed by atoms with Gasteiger partial charge in [-0.1, -0.05) is 26.7 Å². The maximum absolute atomic E-state index is 10.9. The smallest absolute Gasteiger partial charge is 0.407 e. The van der Waals surface area contributed by atoms with Gasteiger partial charge in [-0.15, -0.1) is 0 Å². The molecule has 0 fully saturated rings. The van der Waals surface area contributed by atoms with Crippen molar-refractivity contribution in [3.63, 3.8) is 0 Å². The van der Waals surface area contributed by atoms with Crippen LogP contribution in [0, 0.1) is 0 Å². The summed E-state index contributed by atoms with van der Waals surface area (Å²) in [6.07, 6.45) is 3.83. The monoisotopic (exact) mass is 237 g/mol. The van der Waals surface area contributed by atoms with E-state index in [1.807, 2.05) is 0 Å². The molecule has 1 amide bonds. The van der Waals surface area contributed by atoms with Crippen LogP contribution in [0.3, 0.4) is 0 Å². The first-order valence-electron chi connectivity index (χ1n) is 4.71. The van der Waals surface area contributed by atoms with Crippen LogP contribution in [0.5, 0.6) is 0 Å². The topological polar surface area (TPSA) is 38.3 Å². The molecule has 0 aromatic carbocycles. The zero-order chi connectivity index (χ0) is 9.23. The van der Waals surface area contributed by atoms with Crippen LogP contribution in [-0.4, -0.2) is 19.2 Å². The number of ether oxygens (including phenoxy) is 1. The van der Waals surface area contributed by atoms with Crippen LogP contribution in [-0.2, 0) is 24.2 Å². The number of amides is 1. The molecule has 0 aliphatic carbocycles. The summed E-state index contributed by atoms with van der Waals surface area (Å²) in [6, 6.07) is 0. The van der Waals surface area contributed by atoms with Gasteiger partial charge in [0.05, 0.1) is 6.61 Å². The number of carbonyl (C=O) groups excluding carboxylic acids is 1. The van der Waals surface area contributed by atoms with Crippen LogP contribution < -0.4 is 5.32 Å². The number of hydrogen-bond acceptors (Lipinski definition) is 2. The zero-order valence-corrected chi connectivity index (χ0v) is 11.7. The molecule has 0 heterocycles. The molecule has 0 rings (SSSR count). The molecular weight excluding hydrogens is 219 g/mol. The summed E-state index contributed by atoms with van der Waals surface area (Å²) in [4.78, 5) is 10.9. The molecule has 74 valence electrons. The summed E-state index contributed by atoms with van der Waals surface area (Å²) < 4.78 is 4.88. The van der Waals surface area contributed by atoms with E-state index in [2.05, 4.69) is 19.2 Å². The quantitative estimate of drug-likeness (QED) is 0.570. The second-order valence-corrected chi connectivity index (χ2v) is 2.77. The Balaban J connectivity index is 0. The molecule has 0 bridgehead atoms. The van der Waals surface area contributed by atoms with Gasteiger partial charge in [-0.2, -0.15) is 0 Å². The molecule has 0 radical (unpaired) electrons. The Bertz CT molecular complexity index is 108. The van der Waals surface area contributed by atoms with Crippen molar-refractivity contribution >= 4 is 6.09 Å². The normalized spacial score (nSPS) is 8.77. The summed E-state index contributed by atoms with van der Waals surface area (Å²) in [6.45, 7) is 5.42. The summed E-state index contributed by atoms with van der Waals surface area (Å²) in [5.41, 5.74) is 0. The van der Waals surface area contributed by atoms with Crippen molar-refractivity contribution in [3.8, 4) is 0 Å². The second kappa shape index (κ2) is 11.9. The van der Waals surface area contributed by atoms with Gasteiger partial charge in [0, 0.05) is 26.0 Å². The molecule has 0 aromatic heterocycles. The van der Waals surface area contributed by atoms with Crippen LogP contribution in [0.4, 0.5) is 4.79 Å². The Hall–Kier alpha value is -0.107. The molecule has 3 nitrogen and oxygen atoms in total. The summed E-state index contributed by atoms with van der Waals surface area (Å²) >= 11 is 0. The molecule has 0 spiro atoms. The van der Waals surface area contributed by atoms with Crippen molar-refractivity contribution in [3.05, 3.63) is 0 Å². The van der Waals surface area contributed by atoms with Crippen molar-refractivity contribution in [1.29, 1.82) is 0 Å². The van der Waals surface area contributed by atoms with Crippen molar-refractivity contribution in [2.75, 3.05) is 13.2 Å². The van der Waals surface area contributed by atoms with E-state index in [1.54, 1.807) is 0 Å². The number of nitrogens with one attached hydrogen (secondary N) is 1. The predicted octanol–water partition coefficient (Wildman–Crippen LogP) is 2.31. The Morgan fingerprint density at radius 1 is 1.23 bits per heavy atom. The first kappa shape index (κ1) is 15.4. The third kappa shape index (κ3) is 11.9. The number of alkyl carbamates (subject to hydrolysis) is 1. The third-order valence-corrected chi connectivity index (χ3v) is 1.53. The maximum Gasteiger partial charge on any atom is 0.407 e. The van der Waals surface area contributed by atoms with Gasteiger partial charge in [0.15, 0.2) is 0 Å². The largest absolute Gasteiger partial charge is 0.450 e. The van der Waals surface area contributed by atoms with E-state index in [4.69, 9.17) is 4.74 Å². The van der Waals surface area contributed by atoms with Gasteiger partial charge in [-0.25, -0.2) is 4.79 Å². The van der Waals surface area contributed by atoms with Gasteiger partial charge in [0.1, 0.15) is 0 Å². The molecule has 13 heavy (non-hydrogen) atoms. The van der Waals surface area contributed by atoms with Gasteiger partial charge < -0.3 is 10.1 Å². The van der Waals surface area contributed by atoms with Crippen LogP contribution in [0.1, 0.15) is 39.5 Å². The minimum Gasteiger partial charge on any atom is -0.450 e. The van der Waals surface area contributed by atoms with E-state index < -0.39 is 0 Å². The van der Waals surface area contributed by atoms with Crippen molar-refractivity contribution < 1.29 is 29.0 Å². The Labute approximate surface area is 93.4 Å². The van der Waals surface area contributed by atoms with Gasteiger partial charge in [0.2, 0.25) is 0 Å². The molecule has 0 aliphatic heterocycles. The Morgan fingerprint density at radius 3 is 2.38 bits per heavy atom. The number of carbonyl (C=O) groups is 1. The maximum atomic E-state index is 10.9. The zero-order valence-electron chi connectivity index (χ0n) is 8.77. The van der Waals surface area contributed by atoms with Crippen molar-refractivity contribution in [1.82, 2.24) is 5.32 Å². The average molecular weight is 239 g/mol. The fourth-order valence-electron chi connectivity index (χ4n) is 0.727. The van der Waals surface area contributed by atoms with E-state index in [9.17, 15) is 4.79 Å². The van der Waals surface area contributed by atoms with E-state index in [1.165, 1.54) is 0 Å². The van der Waals surface area contributed by atoms with Gasteiger partial charge in [-0.3, -0.25) is 0 Å². The first-order chi connectivity index (χ1) is 5.81. The standard InChI is InChI=1S/C9H19NO2.Zn/c1-3-5-7-10-9(11)12-8-6-4-2;/h3-8H2,1-2H3,(H,10,11);. The fraction of sp³-hybridized carbons (Fsp3) is 0.889. The molecule has 0 unspecified atom stereocenters. The Morgan fingerprint density at radius 2 is 1.85 bits per heavy atom. The van der Waals surface area contributed by atoms with Gasteiger partial charge in [-0.05, 0) is 12.8 Å². The Kier molecular flexibility index (Phi) is 14.1. The molecule has 0 aromatic rings. The SMILES string of the molecule is CCCCNC(=O)OCCCC.[Zn]. The predicted molar refractivity (Wildman–Crippen MR) is 49.2 cm³/mol. The van der Waals surface area contributed by atoms with E-state index in [0.717, 1.165) is 32.2 Å². The third-order valence-electron chi connectivity index (χ3n) is 1.53. The fourth-order valence-corrected chi connectivity index (χ4v) is 0.727. The van der Waals surface area contributed by atoms with Crippen LogP contribution in [0.15, 0.2) is 0 Å². The van der Waals surface area contributed by atoms with Gasteiger partial charge >= 0.3 is 6.09 Å². The minimum absolute atomic E-state index is 0. The van der Waals surface area contributed by atoms with Crippen LogP contribution >= 0.6 is 0 Å². The minimum atomic E-state index is -0.281. The average Bonchev–Trinajstić information content (AvgIpc) is 2.06. The van der Waals surface area contributed by atoms with Crippen LogP contribution in [0.2, 0.25) is 0 Å². The number of unbranched alkanes of at least 4 members (excludes halogenated alkanes) is 2.